The van der Waals surface area contributed by atoms with Crippen molar-refractivity contribution in [3.63, 3.8) is 0 Å². The van der Waals surface area contributed by atoms with E-state index >= 15 is 0 Å². The topological polar surface area (TPSA) is 67.9 Å². The molecule has 0 aliphatic carbocycles. The number of methoxy groups -OCH3 is 1. The van der Waals surface area contributed by atoms with E-state index < -0.39 is 0 Å². The summed E-state index contributed by atoms with van der Waals surface area (Å²) >= 11 is 1.60. The Morgan fingerprint density at radius 1 is 0.795 bits per heavy atom. The van der Waals surface area contributed by atoms with Crippen LogP contribution >= 0.6 is 11.8 Å². The van der Waals surface area contributed by atoms with E-state index in [1.54, 1.807) is 35.9 Å². The van der Waals surface area contributed by atoms with Gasteiger partial charge in [-0.25, -0.2) is 4.79 Å². The fourth-order valence-corrected chi connectivity index (χ4v) is 4.71. The summed E-state index contributed by atoms with van der Waals surface area (Å²) in [6.07, 6.45) is 1.89. The van der Waals surface area contributed by atoms with E-state index in [1.165, 1.54) is 0 Å². The van der Waals surface area contributed by atoms with Crippen LogP contribution in [-0.2, 0) is 11.2 Å². The highest BCUT2D eigenvalue weighted by atomic mass is 32.2. The molecule has 4 aromatic carbocycles. The highest BCUT2D eigenvalue weighted by Gasteiger charge is 2.16. The van der Waals surface area contributed by atoms with Crippen LogP contribution < -0.4 is 19.7 Å². The van der Waals surface area contributed by atoms with Gasteiger partial charge >= 0.3 is 12.0 Å². The molecule has 0 atom stereocenters. The number of amides is 2. The van der Waals surface area contributed by atoms with E-state index in [0.717, 1.165) is 39.6 Å². The summed E-state index contributed by atoms with van der Waals surface area (Å²) in [4.78, 5) is 28.9. The molecule has 6 nitrogen and oxygen atoms in total. The largest absolute Gasteiger partial charge is 0.497 e. The standard InChI is InChI=1S/C32H32N2O4S/c1-3-7-31(35)38-28-16-20-30(21-17-28)39-29-18-12-26(13-19-29)34(23-22-24-8-5-4-6-9-24)32(36)33-25-10-14-27(37-2)15-11-25/h4-6,8-21H,3,7,22-23H2,1-2H3,(H,33,36). The Bertz CT molecular complexity index is 1340. The van der Waals surface area contributed by atoms with Crippen LogP contribution in [-0.4, -0.2) is 25.7 Å². The molecular weight excluding hydrogens is 508 g/mol. The molecule has 0 unspecified atom stereocenters. The summed E-state index contributed by atoms with van der Waals surface area (Å²) in [5.74, 6) is 1.06. The summed E-state index contributed by atoms with van der Waals surface area (Å²) in [5, 5.41) is 3.00. The third-order valence-corrected chi connectivity index (χ3v) is 6.96. The second-order valence-electron chi connectivity index (χ2n) is 8.84. The number of urea groups is 1. The Morgan fingerprint density at radius 2 is 1.41 bits per heavy atom. The van der Waals surface area contributed by atoms with Crippen LogP contribution in [0.1, 0.15) is 25.3 Å². The minimum atomic E-state index is -0.221. The lowest BCUT2D eigenvalue weighted by atomic mass is 10.1. The lowest BCUT2D eigenvalue weighted by Gasteiger charge is -2.24. The van der Waals surface area contributed by atoms with E-state index in [4.69, 9.17) is 9.47 Å². The highest BCUT2D eigenvalue weighted by molar-refractivity contribution is 7.99. The molecular formula is C32H32N2O4S. The molecule has 0 aromatic heterocycles. The summed E-state index contributed by atoms with van der Waals surface area (Å²) in [7, 11) is 1.61. The normalized spacial score (nSPS) is 10.5. The molecule has 1 N–H and O–H groups in total. The number of carbonyl (C=O) groups is 2. The van der Waals surface area contributed by atoms with Crippen molar-refractivity contribution in [1.82, 2.24) is 0 Å². The third-order valence-electron chi connectivity index (χ3n) is 5.95. The third kappa shape index (κ3) is 8.38. The van der Waals surface area contributed by atoms with Crippen LogP contribution in [0, 0.1) is 0 Å². The first-order chi connectivity index (χ1) is 19.0. The minimum absolute atomic E-state index is 0.204. The molecule has 39 heavy (non-hydrogen) atoms. The highest BCUT2D eigenvalue weighted by Crippen LogP contribution is 2.31. The first-order valence-corrected chi connectivity index (χ1v) is 13.7. The lowest BCUT2D eigenvalue weighted by molar-refractivity contribution is -0.134. The van der Waals surface area contributed by atoms with Crippen molar-refractivity contribution >= 4 is 35.1 Å². The molecule has 0 aliphatic heterocycles. The average molecular weight is 541 g/mol. The number of rotatable bonds is 11. The first kappa shape index (κ1) is 27.8. The molecule has 4 rings (SSSR count). The van der Waals surface area contributed by atoms with Gasteiger partial charge < -0.3 is 14.8 Å². The van der Waals surface area contributed by atoms with Crippen LogP contribution in [0.4, 0.5) is 16.2 Å². The molecule has 200 valence electrons. The molecule has 2 amide bonds. The number of nitrogens with zero attached hydrogens (tertiary/aromatic N) is 1. The number of anilines is 2. The monoisotopic (exact) mass is 540 g/mol. The van der Waals surface area contributed by atoms with Crippen LogP contribution in [0.15, 0.2) is 113 Å². The molecule has 0 bridgehead atoms. The number of ether oxygens (including phenoxy) is 2. The zero-order valence-electron chi connectivity index (χ0n) is 22.1. The molecule has 0 saturated heterocycles. The molecule has 4 aromatic rings. The smallest absolute Gasteiger partial charge is 0.326 e. The van der Waals surface area contributed by atoms with E-state index in [2.05, 4.69) is 17.4 Å². The maximum absolute atomic E-state index is 13.4. The predicted molar refractivity (Wildman–Crippen MR) is 157 cm³/mol. The van der Waals surface area contributed by atoms with Gasteiger partial charge in [0.25, 0.3) is 0 Å². The van der Waals surface area contributed by atoms with Gasteiger partial charge in [-0.15, -0.1) is 0 Å². The van der Waals surface area contributed by atoms with Gasteiger partial charge in [0.1, 0.15) is 11.5 Å². The van der Waals surface area contributed by atoms with Crippen LogP contribution in [0.2, 0.25) is 0 Å². The van der Waals surface area contributed by atoms with Crippen molar-refractivity contribution < 1.29 is 19.1 Å². The Balaban J connectivity index is 1.45. The molecule has 7 heteroatoms. The van der Waals surface area contributed by atoms with Gasteiger partial charge in [0.2, 0.25) is 0 Å². The predicted octanol–water partition coefficient (Wildman–Crippen LogP) is 7.83. The van der Waals surface area contributed by atoms with Crippen molar-refractivity contribution in [3.05, 3.63) is 109 Å². The van der Waals surface area contributed by atoms with Gasteiger partial charge in [-0.1, -0.05) is 49.0 Å². The van der Waals surface area contributed by atoms with Crippen LogP contribution in [0.3, 0.4) is 0 Å². The molecule has 0 aliphatic rings. The fourth-order valence-electron chi connectivity index (χ4n) is 3.89. The number of nitrogens with one attached hydrogen (secondary N) is 1. The number of hydrogen-bond donors (Lipinski definition) is 1. The molecule has 0 spiro atoms. The van der Waals surface area contributed by atoms with Crippen molar-refractivity contribution in [2.45, 2.75) is 36.0 Å². The zero-order valence-corrected chi connectivity index (χ0v) is 22.9. The molecule has 0 heterocycles. The quantitative estimate of drug-likeness (QED) is 0.155. The van der Waals surface area contributed by atoms with Gasteiger partial charge in [0.15, 0.2) is 0 Å². The van der Waals surface area contributed by atoms with Gasteiger partial charge in [-0.05, 0) is 91.2 Å². The number of hydrogen-bond acceptors (Lipinski definition) is 5. The van der Waals surface area contributed by atoms with E-state index in [-0.39, 0.29) is 12.0 Å². The second kappa shape index (κ2) is 14.1. The number of esters is 1. The van der Waals surface area contributed by atoms with Crippen LogP contribution in [0.25, 0.3) is 0 Å². The van der Waals surface area contributed by atoms with Gasteiger partial charge in [0, 0.05) is 34.1 Å². The van der Waals surface area contributed by atoms with Crippen LogP contribution in [0.5, 0.6) is 11.5 Å². The summed E-state index contributed by atoms with van der Waals surface area (Å²) in [5.41, 5.74) is 2.66. The van der Waals surface area contributed by atoms with Crippen molar-refractivity contribution in [3.8, 4) is 11.5 Å². The molecule has 0 fully saturated rings. The minimum Gasteiger partial charge on any atom is -0.497 e. The maximum Gasteiger partial charge on any atom is 0.326 e. The number of benzene rings is 4. The van der Waals surface area contributed by atoms with E-state index in [9.17, 15) is 9.59 Å². The zero-order chi connectivity index (χ0) is 27.5. The maximum atomic E-state index is 13.4. The summed E-state index contributed by atoms with van der Waals surface area (Å²) in [6.45, 7) is 2.47. The molecule has 0 radical (unpaired) electrons. The Kier molecular flexibility index (Phi) is 10.0. The second-order valence-corrected chi connectivity index (χ2v) is 9.98. The fraction of sp³-hybridized carbons (Fsp3) is 0.188. The average Bonchev–Trinajstić information content (AvgIpc) is 2.96. The Hall–Kier alpha value is -4.23. The Morgan fingerprint density at radius 3 is 2.03 bits per heavy atom. The van der Waals surface area contributed by atoms with Gasteiger partial charge in [-0.3, -0.25) is 9.69 Å². The summed E-state index contributed by atoms with van der Waals surface area (Å²) < 4.78 is 10.6. The van der Waals surface area contributed by atoms with E-state index in [1.807, 2.05) is 85.8 Å². The Labute approximate surface area is 234 Å². The lowest BCUT2D eigenvalue weighted by Crippen LogP contribution is -2.36. The summed E-state index contributed by atoms with van der Waals surface area (Å²) in [6, 6.07) is 32.6. The van der Waals surface area contributed by atoms with Crippen molar-refractivity contribution in [2.24, 2.45) is 0 Å². The van der Waals surface area contributed by atoms with Gasteiger partial charge in [-0.2, -0.15) is 0 Å². The SMILES string of the molecule is CCCC(=O)Oc1ccc(Sc2ccc(N(CCc3ccccc3)C(=O)Nc3ccc(OC)cc3)cc2)cc1. The van der Waals surface area contributed by atoms with Gasteiger partial charge in [0.05, 0.1) is 7.11 Å². The molecule has 0 saturated carbocycles. The van der Waals surface area contributed by atoms with E-state index in [0.29, 0.717) is 24.4 Å². The van der Waals surface area contributed by atoms with Crippen molar-refractivity contribution in [1.29, 1.82) is 0 Å². The number of carbonyl (C=O) groups excluding carboxylic acids is 2. The van der Waals surface area contributed by atoms with Crippen molar-refractivity contribution in [2.75, 3.05) is 23.9 Å². The first-order valence-electron chi connectivity index (χ1n) is 12.9.